The molecule has 0 spiro atoms. The van der Waals surface area contributed by atoms with Crippen molar-refractivity contribution < 1.29 is 27.7 Å². The van der Waals surface area contributed by atoms with E-state index < -0.39 is 33.8 Å². The second-order valence-electron chi connectivity index (χ2n) is 4.47. The molecule has 20 heavy (non-hydrogen) atoms. The number of aliphatic hydroxyl groups is 1. The molecule has 1 rings (SSSR count). The van der Waals surface area contributed by atoms with Crippen LogP contribution in [0.2, 0.25) is 0 Å². The van der Waals surface area contributed by atoms with Gasteiger partial charge < -0.3 is 10.0 Å². The third-order valence-corrected chi connectivity index (χ3v) is 3.66. The van der Waals surface area contributed by atoms with Gasteiger partial charge in [-0.2, -0.15) is 8.42 Å². The molecule has 0 saturated carbocycles. The number of nitrogens with two attached hydrogens (primary N) is 1. The van der Waals surface area contributed by atoms with Gasteiger partial charge in [-0.3, -0.25) is 24.5 Å². The van der Waals surface area contributed by atoms with E-state index in [2.05, 4.69) is 0 Å². The molecule has 0 radical (unpaired) electrons. The minimum atomic E-state index is -4.22. The number of hydrogen-bond acceptors (Lipinski definition) is 7. The molecule has 0 aromatic heterocycles. The predicted molar refractivity (Wildman–Crippen MR) is 67.8 cm³/mol. The van der Waals surface area contributed by atoms with Gasteiger partial charge in [-0.25, -0.2) is 5.84 Å². The average molecular weight is 310 g/mol. The van der Waals surface area contributed by atoms with Crippen LogP contribution in [0.1, 0.15) is 0 Å². The lowest BCUT2D eigenvalue weighted by Gasteiger charge is -2.34. The number of piperazine rings is 1. The second-order valence-corrected chi connectivity index (χ2v) is 5.97. The van der Waals surface area contributed by atoms with Gasteiger partial charge in [0.1, 0.15) is 5.75 Å². The van der Waals surface area contributed by atoms with Crippen molar-refractivity contribution >= 4 is 21.9 Å². The van der Waals surface area contributed by atoms with Crippen LogP contribution in [0, 0.1) is 0 Å². The topological polar surface area (TPSA) is 153 Å². The molecule has 10 nitrogen and oxygen atoms in total. The average Bonchev–Trinajstić information content (AvgIpc) is 2.35. The van der Waals surface area contributed by atoms with Crippen molar-refractivity contribution in [2.45, 2.75) is 6.10 Å². The smallest absolute Gasteiger partial charge is 0.323 e. The Morgan fingerprint density at radius 3 is 2.25 bits per heavy atom. The fraction of sp³-hybridized carbons (Fsp3) is 0.778. The molecule has 116 valence electrons. The number of nitrogens with zero attached hydrogens (tertiary/aromatic N) is 2. The van der Waals surface area contributed by atoms with Gasteiger partial charge >= 0.3 is 11.8 Å². The number of amides is 2. The summed E-state index contributed by atoms with van der Waals surface area (Å²) in [6.45, 7) is 1.36. The van der Waals surface area contributed by atoms with Crippen LogP contribution < -0.4 is 11.3 Å². The third kappa shape index (κ3) is 5.38. The molecule has 0 aromatic carbocycles. The van der Waals surface area contributed by atoms with E-state index in [9.17, 15) is 23.1 Å². The van der Waals surface area contributed by atoms with Crippen molar-refractivity contribution in [3.8, 4) is 0 Å². The van der Waals surface area contributed by atoms with Crippen molar-refractivity contribution in [1.82, 2.24) is 15.2 Å². The Labute approximate surface area is 116 Å². The number of β-amino-alcohol motifs (C(OH)–C–C–N with tert-alkyl or cyclic N) is 1. The molecule has 1 aliphatic rings. The maximum absolute atomic E-state index is 11.5. The Balaban J connectivity index is 2.39. The predicted octanol–water partition coefficient (Wildman–Crippen LogP) is -3.63. The first-order valence-electron chi connectivity index (χ1n) is 5.88. The Kier molecular flexibility index (Phi) is 5.83. The minimum Gasteiger partial charge on any atom is -0.391 e. The van der Waals surface area contributed by atoms with Gasteiger partial charge in [0.25, 0.3) is 10.1 Å². The fourth-order valence-corrected chi connectivity index (χ4v) is 2.52. The van der Waals surface area contributed by atoms with Crippen LogP contribution >= 0.6 is 0 Å². The number of nitrogens with one attached hydrogen (secondary N) is 1. The highest BCUT2D eigenvalue weighted by molar-refractivity contribution is 7.85. The first-order valence-corrected chi connectivity index (χ1v) is 7.49. The molecule has 1 heterocycles. The molecule has 0 bridgehead atoms. The number of carbonyl (C=O) groups is 2. The normalized spacial score (nSPS) is 18.6. The van der Waals surface area contributed by atoms with E-state index in [1.807, 2.05) is 0 Å². The number of hydrazine groups is 1. The Morgan fingerprint density at radius 1 is 1.25 bits per heavy atom. The van der Waals surface area contributed by atoms with Gasteiger partial charge in [0.2, 0.25) is 0 Å². The number of rotatable bonds is 4. The maximum atomic E-state index is 11.5. The summed E-state index contributed by atoms with van der Waals surface area (Å²) in [7, 11) is -4.22. The van der Waals surface area contributed by atoms with Crippen LogP contribution in [0.15, 0.2) is 0 Å². The number of carbonyl (C=O) groups excluding carboxylic acids is 2. The zero-order valence-electron chi connectivity index (χ0n) is 10.7. The van der Waals surface area contributed by atoms with E-state index in [0.717, 1.165) is 0 Å². The molecule has 2 amide bonds. The summed E-state index contributed by atoms with van der Waals surface area (Å²) < 4.78 is 29.8. The Bertz CT molecular complexity index is 459. The highest BCUT2D eigenvalue weighted by Crippen LogP contribution is 2.04. The summed E-state index contributed by atoms with van der Waals surface area (Å²) in [5.41, 5.74) is 1.75. The first kappa shape index (κ1) is 16.8. The second kappa shape index (κ2) is 6.95. The van der Waals surface area contributed by atoms with Gasteiger partial charge in [-0.15, -0.1) is 0 Å². The summed E-state index contributed by atoms with van der Waals surface area (Å²) in [6, 6.07) is 0. The molecule has 0 aromatic rings. The fourth-order valence-electron chi connectivity index (χ4n) is 1.93. The monoisotopic (exact) mass is 310 g/mol. The van der Waals surface area contributed by atoms with Crippen LogP contribution in [0.4, 0.5) is 0 Å². The van der Waals surface area contributed by atoms with Crippen LogP contribution in [-0.2, 0) is 19.7 Å². The van der Waals surface area contributed by atoms with Crippen molar-refractivity contribution in [1.29, 1.82) is 0 Å². The van der Waals surface area contributed by atoms with E-state index in [1.54, 1.807) is 10.3 Å². The first-order chi connectivity index (χ1) is 9.23. The van der Waals surface area contributed by atoms with E-state index in [-0.39, 0.29) is 19.6 Å². The van der Waals surface area contributed by atoms with E-state index in [1.165, 1.54) is 4.90 Å². The van der Waals surface area contributed by atoms with Gasteiger partial charge in [0, 0.05) is 32.7 Å². The van der Waals surface area contributed by atoms with Gasteiger partial charge in [-0.1, -0.05) is 0 Å². The van der Waals surface area contributed by atoms with Gasteiger partial charge in [-0.05, 0) is 0 Å². The SMILES string of the molecule is NNC(=O)C(=O)N1CCN(CC(O)CS(=O)(=O)O)CC1. The molecule has 1 unspecified atom stereocenters. The molecule has 1 aliphatic heterocycles. The van der Waals surface area contributed by atoms with Crippen LogP contribution in [0.3, 0.4) is 0 Å². The third-order valence-electron chi connectivity index (χ3n) is 2.86. The molecule has 11 heteroatoms. The van der Waals surface area contributed by atoms with E-state index in [4.69, 9.17) is 10.4 Å². The number of hydrogen-bond donors (Lipinski definition) is 4. The zero-order valence-corrected chi connectivity index (χ0v) is 11.5. The highest BCUT2D eigenvalue weighted by atomic mass is 32.2. The van der Waals surface area contributed by atoms with Gasteiger partial charge in [0.15, 0.2) is 0 Å². The minimum absolute atomic E-state index is 0.0604. The summed E-state index contributed by atoms with van der Waals surface area (Å²) in [5, 5.41) is 9.50. The van der Waals surface area contributed by atoms with E-state index in [0.29, 0.717) is 13.1 Å². The molecule has 0 aliphatic carbocycles. The van der Waals surface area contributed by atoms with Crippen LogP contribution in [-0.4, -0.2) is 84.3 Å². The molecule has 5 N–H and O–H groups in total. The molecular weight excluding hydrogens is 292 g/mol. The van der Waals surface area contributed by atoms with Crippen molar-refractivity contribution in [2.75, 3.05) is 38.5 Å². The number of aliphatic hydroxyl groups excluding tert-OH is 1. The molecule has 1 atom stereocenters. The lowest BCUT2D eigenvalue weighted by Crippen LogP contribution is -2.54. The maximum Gasteiger partial charge on any atom is 0.323 e. The van der Waals surface area contributed by atoms with Crippen LogP contribution in [0.5, 0.6) is 0 Å². The summed E-state index contributed by atoms with van der Waals surface area (Å²) >= 11 is 0. The highest BCUT2D eigenvalue weighted by Gasteiger charge is 2.26. The van der Waals surface area contributed by atoms with Crippen molar-refractivity contribution in [3.63, 3.8) is 0 Å². The van der Waals surface area contributed by atoms with Crippen molar-refractivity contribution in [3.05, 3.63) is 0 Å². The standard InChI is InChI=1S/C9H18N4O6S/c10-11-8(15)9(16)13-3-1-12(2-4-13)5-7(14)6-20(17,18)19/h7,14H,1-6,10H2,(H,11,15)(H,17,18,19). The molecule has 1 fully saturated rings. The summed E-state index contributed by atoms with van der Waals surface area (Å²) in [6.07, 6.45) is -1.21. The van der Waals surface area contributed by atoms with Gasteiger partial charge in [0.05, 0.1) is 6.10 Å². The largest absolute Gasteiger partial charge is 0.391 e. The van der Waals surface area contributed by atoms with E-state index >= 15 is 0 Å². The van der Waals surface area contributed by atoms with Crippen LogP contribution in [0.25, 0.3) is 0 Å². The lowest BCUT2D eigenvalue weighted by atomic mass is 10.2. The quantitative estimate of drug-likeness (QED) is 0.136. The lowest BCUT2D eigenvalue weighted by molar-refractivity contribution is -0.147. The molecular formula is C9H18N4O6S. The zero-order chi connectivity index (χ0) is 15.3. The van der Waals surface area contributed by atoms with Crippen molar-refractivity contribution in [2.24, 2.45) is 5.84 Å². The Morgan fingerprint density at radius 2 is 1.80 bits per heavy atom. The summed E-state index contributed by atoms with van der Waals surface area (Å²) in [5.74, 6) is 2.50. The molecule has 1 saturated heterocycles. The Hall–Kier alpha value is -1.27. The summed E-state index contributed by atoms with van der Waals surface area (Å²) in [4.78, 5) is 25.6.